The first-order chi connectivity index (χ1) is 12.1. The van der Waals surface area contributed by atoms with Gasteiger partial charge in [-0.2, -0.15) is 0 Å². The van der Waals surface area contributed by atoms with Crippen LogP contribution in [0.15, 0.2) is 47.8 Å². The lowest BCUT2D eigenvalue weighted by molar-refractivity contribution is -0.676. The highest BCUT2D eigenvalue weighted by atomic mass is 32.1. The molecule has 2 aromatic rings. The lowest BCUT2D eigenvalue weighted by Gasteiger charge is -2.34. The van der Waals surface area contributed by atoms with E-state index in [0.717, 1.165) is 6.42 Å². The summed E-state index contributed by atoms with van der Waals surface area (Å²) in [6.07, 6.45) is 3.63. The van der Waals surface area contributed by atoms with E-state index in [4.69, 9.17) is 0 Å². The van der Waals surface area contributed by atoms with Crippen LogP contribution in [0.2, 0.25) is 0 Å². The first-order valence-electron chi connectivity index (χ1n) is 9.36. The number of hydrogen-bond donors (Lipinski definition) is 2. The number of thiophene rings is 1. The van der Waals surface area contributed by atoms with Gasteiger partial charge < -0.3 is 10.6 Å². The summed E-state index contributed by atoms with van der Waals surface area (Å²) in [5.41, 5.74) is 1.25. The minimum atomic E-state index is 0.156. The van der Waals surface area contributed by atoms with Crippen molar-refractivity contribution in [1.29, 1.82) is 0 Å². The lowest BCUT2D eigenvalue weighted by atomic mass is 9.78. The predicted molar refractivity (Wildman–Crippen MR) is 104 cm³/mol. The van der Waals surface area contributed by atoms with Crippen molar-refractivity contribution >= 4 is 17.2 Å². The van der Waals surface area contributed by atoms with Crippen molar-refractivity contribution in [3.05, 3.63) is 58.3 Å². The Labute approximate surface area is 154 Å². The van der Waals surface area contributed by atoms with E-state index in [1.165, 1.54) is 23.3 Å². The second-order valence-corrected chi connectivity index (χ2v) is 8.26. The Bertz CT molecular complexity index is 656. The number of nitrogens with two attached hydrogens (primary N) is 1. The molecule has 3 rings (SSSR count). The first-order valence-corrected chi connectivity index (χ1v) is 10.2. The number of carbonyl (C=O) groups excluding carboxylic acids is 1. The molecule has 1 heterocycles. The fourth-order valence-corrected chi connectivity index (χ4v) is 4.67. The summed E-state index contributed by atoms with van der Waals surface area (Å²) >= 11 is 1.75. The topological polar surface area (TPSA) is 45.7 Å². The molecule has 4 atom stereocenters. The molecule has 0 unspecified atom stereocenters. The average Bonchev–Trinajstić information content (AvgIpc) is 3.14. The van der Waals surface area contributed by atoms with E-state index in [-0.39, 0.29) is 11.9 Å². The second-order valence-electron chi connectivity index (χ2n) is 7.28. The third-order valence-corrected chi connectivity index (χ3v) is 6.56. The summed E-state index contributed by atoms with van der Waals surface area (Å²) in [6, 6.07) is 15.2. The summed E-state index contributed by atoms with van der Waals surface area (Å²) in [5.74, 6) is 1.43. The van der Waals surface area contributed by atoms with Gasteiger partial charge in [-0.3, -0.25) is 4.79 Å². The molecule has 0 spiro atoms. The molecule has 0 radical (unpaired) electrons. The SMILES string of the molecule is C[C@@H]1[C@H](C)CCC[C@H]1NC(=O)C[NH2+][C@@H](c1ccccc1)c1cccs1. The molecule has 1 fully saturated rings. The lowest BCUT2D eigenvalue weighted by Crippen LogP contribution is -2.87. The van der Waals surface area contributed by atoms with Crippen LogP contribution in [0.4, 0.5) is 0 Å². The fraction of sp³-hybridized carbons (Fsp3) is 0.476. The smallest absolute Gasteiger partial charge is 0.275 e. The van der Waals surface area contributed by atoms with Gasteiger partial charge >= 0.3 is 0 Å². The first kappa shape index (κ1) is 18.2. The van der Waals surface area contributed by atoms with E-state index < -0.39 is 0 Å². The van der Waals surface area contributed by atoms with E-state index in [2.05, 4.69) is 66.3 Å². The van der Waals surface area contributed by atoms with Gasteiger partial charge in [0.25, 0.3) is 5.91 Å². The monoisotopic (exact) mass is 357 g/mol. The molecular weight excluding hydrogens is 328 g/mol. The molecule has 134 valence electrons. The Morgan fingerprint density at radius 2 is 2.00 bits per heavy atom. The van der Waals surface area contributed by atoms with Crippen molar-refractivity contribution in [3.63, 3.8) is 0 Å². The van der Waals surface area contributed by atoms with Gasteiger partial charge in [0.15, 0.2) is 6.54 Å². The Balaban J connectivity index is 1.60. The summed E-state index contributed by atoms with van der Waals surface area (Å²) in [7, 11) is 0. The van der Waals surface area contributed by atoms with Crippen LogP contribution in [0, 0.1) is 11.8 Å². The van der Waals surface area contributed by atoms with Crippen LogP contribution in [-0.2, 0) is 4.79 Å². The second kappa shape index (κ2) is 8.63. The molecule has 3 N–H and O–H groups in total. The van der Waals surface area contributed by atoms with Gasteiger partial charge in [0, 0.05) is 11.6 Å². The zero-order valence-electron chi connectivity index (χ0n) is 15.2. The summed E-state index contributed by atoms with van der Waals surface area (Å²) in [6.45, 7) is 5.04. The van der Waals surface area contributed by atoms with Crippen molar-refractivity contribution < 1.29 is 10.1 Å². The van der Waals surface area contributed by atoms with Crippen LogP contribution < -0.4 is 10.6 Å². The van der Waals surface area contributed by atoms with Gasteiger partial charge in [-0.1, -0.05) is 63.1 Å². The largest absolute Gasteiger partial charge is 0.348 e. The highest BCUT2D eigenvalue weighted by Crippen LogP contribution is 2.29. The van der Waals surface area contributed by atoms with E-state index in [1.807, 2.05) is 6.07 Å². The minimum Gasteiger partial charge on any atom is -0.348 e. The number of carbonyl (C=O) groups is 1. The van der Waals surface area contributed by atoms with Gasteiger partial charge in [-0.05, 0) is 29.7 Å². The Kier molecular flexibility index (Phi) is 6.27. The van der Waals surface area contributed by atoms with Crippen molar-refractivity contribution in [2.45, 2.75) is 45.2 Å². The number of hydrogen-bond acceptors (Lipinski definition) is 2. The number of nitrogens with one attached hydrogen (secondary N) is 1. The van der Waals surface area contributed by atoms with Gasteiger partial charge in [0.1, 0.15) is 6.04 Å². The number of benzene rings is 1. The van der Waals surface area contributed by atoms with Crippen molar-refractivity contribution in [2.75, 3.05) is 6.54 Å². The predicted octanol–water partition coefficient (Wildman–Crippen LogP) is 3.34. The molecule has 1 aliphatic rings. The van der Waals surface area contributed by atoms with Crippen LogP contribution in [0.1, 0.15) is 49.6 Å². The number of amides is 1. The maximum Gasteiger partial charge on any atom is 0.275 e. The average molecular weight is 358 g/mol. The van der Waals surface area contributed by atoms with Crippen LogP contribution in [0.25, 0.3) is 0 Å². The number of rotatable bonds is 6. The van der Waals surface area contributed by atoms with Crippen LogP contribution in [-0.4, -0.2) is 18.5 Å². The van der Waals surface area contributed by atoms with E-state index >= 15 is 0 Å². The van der Waals surface area contributed by atoms with E-state index in [1.54, 1.807) is 11.3 Å². The zero-order chi connectivity index (χ0) is 17.6. The Morgan fingerprint density at radius 1 is 1.20 bits per heavy atom. The van der Waals surface area contributed by atoms with Crippen molar-refractivity contribution in [2.24, 2.45) is 11.8 Å². The third kappa shape index (κ3) is 4.71. The highest BCUT2D eigenvalue weighted by molar-refractivity contribution is 7.10. The third-order valence-electron chi connectivity index (χ3n) is 5.60. The van der Waals surface area contributed by atoms with Gasteiger partial charge in [-0.15, -0.1) is 11.3 Å². The molecule has 1 amide bonds. The Morgan fingerprint density at radius 3 is 2.72 bits per heavy atom. The molecule has 25 heavy (non-hydrogen) atoms. The molecule has 0 bridgehead atoms. The fourth-order valence-electron chi connectivity index (χ4n) is 3.82. The van der Waals surface area contributed by atoms with Gasteiger partial charge in [-0.25, -0.2) is 0 Å². The van der Waals surface area contributed by atoms with Gasteiger partial charge in [0.2, 0.25) is 0 Å². The molecule has 1 aliphatic carbocycles. The summed E-state index contributed by atoms with van der Waals surface area (Å²) in [5, 5.41) is 7.55. The summed E-state index contributed by atoms with van der Waals surface area (Å²) in [4.78, 5) is 13.8. The van der Waals surface area contributed by atoms with Crippen LogP contribution >= 0.6 is 11.3 Å². The highest BCUT2D eigenvalue weighted by Gasteiger charge is 2.29. The Hall–Kier alpha value is -1.65. The van der Waals surface area contributed by atoms with Crippen LogP contribution in [0.5, 0.6) is 0 Å². The molecule has 1 saturated carbocycles. The summed E-state index contributed by atoms with van der Waals surface area (Å²) < 4.78 is 0. The molecule has 3 nitrogen and oxygen atoms in total. The standard InChI is InChI=1S/C21H28N2OS/c1-15-8-6-11-18(16(15)2)23-20(24)14-22-21(19-12-7-13-25-19)17-9-4-3-5-10-17/h3-5,7,9-10,12-13,15-16,18,21-22H,6,8,11,14H2,1-2H3,(H,23,24)/p+1/t15-,16-,18-,21+/m1/s1. The quantitative estimate of drug-likeness (QED) is 0.818. The molecular formula is C21H29N2OS+. The van der Waals surface area contributed by atoms with Crippen LogP contribution in [0.3, 0.4) is 0 Å². The number of quaternary nitrogens is 1. The normalized spacial score (nSPS) is 24.6. The maximum atomic E-state index is 12.5. The van der Waals surface area contributed by atoms with E-state index in [0.29, 0.717) is 24.4 Å². The van der Waals surface area contributed by atoms with Gasteiger partial charge in [0.05, 0.1) is 4.88 Å². The van der Waals surface area contributed by atoms with E-state index in [9.17, 15) is 4.79 Å². The molecule has 0 aliphatic heterocycles. The molecule has 1 aromatic carbocycles. The maximum absolute atomic E-state index is 12.5. The molecule has 0 saturated heterocycles. The van der Waals surface area contributed by atoms with Crippen molar-refractivity contribution in [3.8, 4) is 0 Å². The minimum absolute atomic E-state index is 0.156. The van der Waals surface area contributed by atoms with Crippen molar-refractivity contribution in [1.82, 2.24) is 5.32 Å². The molecule has 4 heteroatoms. The zero-order valence-corrected chi connectivity index (χ0v) is 16.0. The molecule has 1 aromatic heterocycles.